The standard InChI is InChI=1S/C19H17NO2/c1-2-12-20-18-11-9-14-8-10-16(13-17(14)18)22-19(21)15-6-4-3-5-7-15/h1,3-8,10,13,18,20H,9,11-12H2. The molecule has 3 rings (SSSR count). The third-order valence-corrected chi connectivity index (χ3v) is 3.87. The van der Waals surface area contributed by atoms with E-state index in [0.29, 0.717) is 17.9 Å². The fourth-order valence-corrected chi connectivity index (χ4v) is 2.78. The van der Waals surface area contributed by atoms with Crippen LogP contribution in [0, 0.1) is 12.3 Å². The molecule has 3 heteroatoms. The van der Waals surface area contributed by atoms with Gasteiger partial charge in [-0.2, -0.15) is 0 Å². The molecule has 0 fully saturated rings. The van der Waals surface area contributed by atoms with Gasteiger partial charge in [-0.25, -0.2) is 4.79 Å². The molecule has 110 valence electrons. The Hall–Kier alpha value is -2.57. The van der Waals surface area contributed by atoms with Crippen LogP contribution in [-0.2, 0) is 6.42 Å². The Bertz CT molecular complexity index is 716. The third kappa shape index (κ3) is 3.03. The van der Waals surface area contributed by atoms with E-state index in [2.05, 4.69) is 11.2 Å². The number of hydrogen-bond donors (Lipinski definition) is 1. The summed E-state index contributed by atoms with van der Waals surface area (Å²) in [5.74, 6) is 2.83. The summed E-state index contributed by atoms with van der Waals surface area (Å²) in [5, 5.41) is 3.32. The molecule has 2 aromatic rings. The van der Waals surface area contributed by atoms with Gasteiger partial charge in [-0.3, -0.25) is 5.32 Å². The highest BCUT2D eigenvalue weighted by Gasteiger charge is 2.22. The highest BCUT2D eigenvalue weighted by molar-refractivity contribution is 5.91. The SMILES string of the molecule is C#CCNC1CCc2ccc(OC(=O)c3ccccc3)cc21. The highest BCUT2D eigenvalue weighted by atomic mass is 16.5. The molecule has 0 heterocycles. The molecule has 1 N–H and O–H groups in total. The molecule has 22 heavy (non-hydrogen) atoms. The molecule has 0 saturated heterocycles. The molecule has 1 unspecified atom stereocenters. The first-order valence-electron chi connectivity index (χ1n) is 7.35. The minimum atomic E-state index is -0.341. The van der Waals surface area contributed by atoms with E-state index in [1.54, 1.807) is 12.1 Å². The predicted octanol–water partition coefficient (Wildman–Crippen LogP) is 3.12. The molecule has 1 aliphatic rings. The summed E-state index contributed by atoms with van der Waals surface area (Å²) in [5.41, 5.74) is 3.01. The number of carbonyl (C=O) groups excluding carboxylic acids is 1. The lowest BCUT2D eigenvalue weighted by Gasteiger charge is -2.13. The number of carbonyl (C=O) groups is 1. The second kappa shape index (κ2) is 6.46. The molecule has 3 nitrogen and oxygen atoms in total. The number of ether oxygens (including phenoxy) is 1. The topological polar surface area (TPSA) is 38.3 Å². The van der Waals surface area contributed by atoms with Gasteiger partial charge >= 0.3 is 5.97 Å². The highest BCUT2D eigenvalue weighted by Crippen LogP contribution is 2.33. The van der Waals surface area contributed by atoms with Crippen molar-refractivity contribution in [2.24, 2.45) is 0 Å². The molecule has 1 aliphatic carbocycles. The van der Waals surface area contributed by atoms with Crippen LogP contribution in [0.1, 0.15) is 33.9 Å². The van der Waals surface area contributed by atoms with Crippen LogP contribution < -0.4 is 10.1 Å². The first-order valence-corrected chi connectivity index (χ1v) is 7.35. The Morgan fingerprint density at radius 3 is 2.86 bits per heavy atom. The minimum Gasteiger partial charge on any atom is -0.423 e. The molecule has 0 amide bonds. The van der Waals surface area contributed by atoms with Crippen molar-refractivity contribution in [1.82, 2.24) is 5.32 Å². The minimum absolute atomic E-state index is 0.237. The van der Waals surface area contributed by atoms with E-state index in [-0.39, 0.29) is 12.0 Å². The largest absolute Gasteiger partial charge is 0.423 e. The van der Waals surface area contributed by atoms with Crippen molar-refractivity contribution in [1.29, 1.82) is 0 Å². The lowest BCUT2D eigenvalue weighted by Crippen LogP contribution is -2.19. The second-order valence-electron chi connectivity index (χ2n) is 5.29. The van der Waals surface area contributed by atoms with E-state index >= 15 is 0 Å². The van der Waals surface area contributed by atoms with Crippen LogP contribution >= 0.6 is 0 Å². The van der Waals surface area contributed by atoms with Gasteiger partial charge in [0, 0.05) is 6.04 Å². The van der Waals surface area contributed by atoms with Gasteiger partial charge in [0.2, 0.25) is 0 Å². The van der Waals surface area contributed by atoms with E-state index in [4.69, 9.17) is 11.2 Å². The fourth-order valence-electron chi connectivity index (χ4n) is 2.78. The van der Waals surface area contributed by atoms with Crippen molar-refractivity contribution in [3.8, 4) is 18.1 Å². The molecule has 0 spiro atoms. The number of nitrogens with one attached hydrogen (secondary N) is 1. The van der Waals surface area contributed by atoms with Gasteiger partial charge in [0.05, 0.1) is 12.1 Å². The summed E-state index contributed by atoms with van der Waals surface area (Å²) >= 11 is 0. The predicted molar refractivity (Wildman–Crippen MR) is 85.7 cm³/mol. The molecular weight excluding hydrogens is 274 g/mol. The third-order valence-electron chi connectivity index (χ3n) is 3.87. The molecule has 0 aliphatic heterocycles. The summed E-state index contributed by atoms with van der Waals surface area (Å²) in [4.78, 5) is 12.1. The van der Waals surface area contributed by atoms with Gasteiger partial charge in [-0.05, 0) is 48.2 Å². The normalized spacial score (nSPS) is 15.9. The fraction of sp³-hybridized carbons (Fsp3) is 0.211. The number of rotatable bonds is 4. The Morgan fingerprint density at radius 1 is 1.27 bits per heavy atom. The first kappa shape index (κ1) is 14.4. The van der Waals surface area contributed by atoms with Gasteiger partial charge in [-0.15, -0.1) is 6.42 Å². The molecule has 0 bridgehead atoms. The van der Waals surface area contributed by atoms with Gasteiger partial charge < -0.3 is 4.74 Å². The summed E-state index contributed by atoms with van der Waals surface area (Å²) in [6.45, 7) is 0.540. The van der Waals surface area contributed by atoms with E-state index in [9.17, 15) is 4.79 Å². The van der Waals surface area contributed by atoms with Crippen molar-refractivity contribution in [2.75, 3.05) is 6.54 Å². The van der Waals surface area contributed by atoms with Crippen molar-refractivity contribution < 1.29 is 9.53 Å². The summed E-state index contributed by atoms with van der Waals surface area (Å²) in [6, 6.07) is 15.1. The van der Waals surface area contributed by atoms with E-state index < -0.39 is 0 Å². The smallest absolute Gasteiger partial charge is 0.343 e. The van der Waals surface area contributed by atoms with Crippen LogP contribution in [0.4, 0.5) is 0 Å². The molecule has 0 radical (unpaired) electrons. The lowest BCUT2D eigenvalue weighted by molar-refractivity contribution is 0.0734. The summed E-state index contributed by atoms with van der Waals surface area (Å²) in [7, 11) is 0. The number of terminal acetylenes is 1. The Labute approximate surface area is 130 Å². The molecule has 0 saturated carbocycles. The van der Waals surface area contributed by atoms with Gasteiger partial charge in [0.15, 0.2) is 0 Å². The Kier molecular flexibility index (Phi) is 4.22. The monoisotopic (exact) mass is 291 g/mol. The van der Waals surface area contributed by atoms with Gasteiger partial charge in [0.25, 0.3) is 0 Å². The van der Waals surface area contributed by atoms with Crippen LogP contribution in [0.2, 0.25) is 0 Å². The molecule has 2 aromatic carbocycles. The molecule has 0 aromatic heterocycles. The summed E-state index contributed by atoms with van der Waals surface area (Å²) in [6.07, 6.45) is 7.34. The second-order valence-corrected chi connectivity index (χ2v) is 5.29. The number of hydrogen-bond acceptors (Lipinski definition) is 3. The average molecular weight is 291 g/mol. The van der Waals surface area contributed by atoms with E-state index in [1.165, 1.54) is 11.1 Å². The zero-order valence-electron chi connectivity index (χ0n) is 12.2. The summed E-state index contributed by atoms with van der Waals surface area (Å²) < 4.78 is 5.47. The van der Waals surface area contributed by atoms with Crippen LogP contribution in [0.5, 0.6) is 5.75 Å². The zero-order valence-corrected chi connectivity index (χ0v) is 12.2. The van der Waals surface area contributed by atoms with E-state index in [0.717, 1.165) is 12.8 Å². The molecular formula is C19H17NO2. The van der Waals surface area contributed by atoms with Gasteiger partial charge in [0.1, 0.15) is 5.75 Å². The maximum atomic E-state index is 12.1. The van der Waals surface area contributed by atoms with Crippen LogP contribution in [-0.4, -0.2) is 12.5 Å². The van der Waals surface area contributed by atoms with E-state index in [1.807, 2.05) is 36.4 Å². The van der Waals surface area contributed by atoms with Crippen LogP contribution in [0.15, 0.2) is 48.5 Å². The quantitative estimate of drug-likeness (QED) is 0.534. The molecule has 1 atom stereocenters. The van der Waals surface area contributed by atoms with Crippen LogP contribution in [0.3, 0.4) is 0 Å². The maximum Gasteiger partial charge on any atom is 0.343 e. The lowest BCUT2D eigenvalue weighted by atomic mass is 10.1. The maximum absolute atomic E-state index is 12.1. The first-order chi connectivity index (χ1) is 10.8. The number of esters is 1. The van der Waals surface area contributed by atoms with Gasteiger partial charge in [-0.1, -0.05) is 30.2 Å². The zero-order chi connectivity index (χ0) is 15.4. The average Bonchev–Trinajstić information content (AvgIpc) is 2.96. The van der Waals surface area contributed by atoms with Crippen molar-refractivity contribution in [2.45, 2.75) is 18.9 Å². The number of benzene rings is 2. The Balaban J connectivity index is 1.76. The number of aryl methyl sites for hydroxylation is 1. The van der Waals surface area contributed by atoms with Crippen molar-refractivity contribution in [3.63, 3.8) is 0 Å². The Morgan fingerprint density at radius 2 is 2.09 bits per heavy atom. The van der Waals surface area contributed by atoms with Crippen molar-refractivity contribution >= 4 is 5.97 Å². The van der Waals surface area contributed by atoms with Crippen molar-refractivity contribution in [3.05, 3.63) is 65.2 Å². The van der Waals surface area contributed by atoms with Crippen LogP contribution in [0.25, 0.3) is 0 Å². The number of fused-ring (bicyclic) bond motifs is 1.